The van der Waals surface area contributed by atoms with Crippen molar-refractivity contribution in [3.63, 3.8) is 0 Å². The Morgan fingerprint density at radius 3 is 2.83 bits per heavy atom. The number of hydrogen-bond donors (Lipinski definition) is 1. The number of rotatable bonds is 1. The van der Waals surface area contributed by atoms with Gasteiger partial charge in [0, 0.05) is 0 Å². The number of carbonyl (C=O) groups excluding carboxylic acids is 1. The average molecular weight is 247 g/mol. The number of amides is 1. The van der Waals surface area contributed by atoms with Crippen LogP contribution in [0.15, 0.2) is 24.3 Å². The van der Waals surface area contributed by atoms with Gasteiger partial charge >= 0.3 is 0 Å². The second kappa shape index (κ2) is 4.61. The minimum Gasteiger partial charge on any atom is -0.472 e. The third kappa shape index (κ3) is 1.86. The Morgan fingerprint density at radius 1 is 1.22 bits per heavy atom. The van der Waals surface area contributed by atoms with Gasteiger partial charge in [-0.05, 0) is 25.0 Å². The second-order valence-electron chi connectivity index (χ2n) is 4.96. The molecule has 1 aliphatic heterocycles. The highest BCUT2D eigenvalue weighted by Gasteiger charge is 2.35. The highest BCUT2D eigenvalue weighted by molar-refractivity contribution is 5.97. The predicted octanol–water partition coefficient (Wildman–Crippen LogP) is 1.78. The molecule has 1 aromatic rings. The smallest absolute Gasteiger partial charge is 0.260 e. The highest BCUT2D eigenvalue weighted by Crippen LogP contribution is 2.30. The number of aliphatic hydroxyl groups is 1. The standard InChI is InChI=1S/C14H17NO3/c16-12-7-3-2-6-11(12)15-9-18-13-8-4-1-5-10(13)14(15)17/h1,4-5,8,11-12,16H,2-3,6-7,9H2/t11-,12-/m1/s1. The van der Waals surface area contributed by atoms with E-state index in [0.29, 0.717) is 11.3 Å². The van der Waals surface area contributed by atoms with E-state index in [9.17, 15) is 9.90 Å². The molecule has 0 aromatic heterocycles. The van der Waals surface area contributed by atoms with Crippen LogP contribution in [-0.2, 0) is 0 Å². The summed E-state index contributed by atoms with van der Waals surface area (Å²) in [5.74, 6) is 0.617. The van der Waals surface area contributed by atoms with Gasteiger partial charge < -0.3 is 9.84 Å². The molecule has 1 N–H and O–H groups in total. The summed E-state index contributed by atoms with van der Waals surface area (Å²) >= 11 is 0. The van der Waals surface area contributed by atoms with Crippen molar-refractivity contribution in [3.8, 4) is 5.75 Å². The van der Waals surface area contributed by atoms with Gasteiger partial charge in [0.25, 0.3) is 5.91 Å². The first-order valence-electron chi connectivity index (χ1n) is 6.48. The molecule has 0 radical (unpaired) electrons. The fourth-order valence-corrected chi connectivity index (χ4v) is 2.82. The third-order valence-electron chi connectivity index (χ3n) is 3.83. The lowest BCUT2D eigenvalue weighted by Crippen LogP contribution is -2.51. The number of hydrogen-bond acceptors (Lipinski definition) is 3. The van der Waals surface area contributed by atoms with Crippen molar-refractivity contribution in [1.29, 1.82) is 0 Å². The molecule has 1 saturated carbocycles. The van der Waals surface area contributed by atoms with Crippen LogP contribution in [0.1, 0.15) is 36.0 Å². The SMILES string of the molecule is O=C1c2ccccc2OCN1[C@@H]1CCCC[C@H]1O. The van der Waals surface area contributed by atoms with E-state index in [1.165, 1.54) is 0 Å². The maximum absolute atomic E-state index is 12.4. The first-order chi connectivity index (χ1) is 8.77. The zero-order chi connectivity index (χ0) is 12.5. The number of benzene rings is 1. The lowest BCUT2D eigenvalue weighted by Gasteiger charge is -2.39. The van der Waals surface area contributed by atoms with Gasteiger partial charge in [-0.3, -0.25) is 9.69 Å². The van der Waals surface area contributed by atoms with Crippen molar-refractivity contribution in [2.75, 3.05) is 6.73 Å². The van der Waals surface area contributed by atoms with Crippen molar-refractivity contribution in [2.24, 2.45) is 0 Å². The summed E-state index contributed by atoms with van der Waals surface area (Å²) in [5.41, 5.74) is 0.599. The Morgan fingerprint density at radius 2 is 2.00 bits per heavy atom. The van der Waals surface area contributed by atoms with E-state index >= 15 is 0 Å². The van der Waals surface area contributed by atoms with E-state index in [4.69, 9.17) is 4.74 Å². The van der Waals surface area contributed by atoms with Crippen LogP contribution in [0.5, 0.6) is 5.75 Å². The fourth-order valence-electron chi connectivity index (χ4n) is 2.82. The molecule has 1 heterocycles. The van der Waals surface area contributed by atoms with E-state index in [1.54, 1.807) is 11.0 Å². The molecule has 1 aromatic carbocycles. The normalized spacial score (nSPS) is 27.6. The summed E-state index contributed by atoms with van der Waals surface area (Å²) in [6.45, 7) is 0.248. The molecule has 4 nitrogen and oxygen atoms in total. The molecule has 0 saturated heterocycles. The van der Waals surface area contributed by atoms with E-state index in [1.807, 2.05) is 18.2 Å². The molecule has 2 atom stereocenters. The molecular weight excluding hydrogens is 230 g/mol. The van der Waals surface area contributed by atoms with Crippen LogP contribution in [0, 0.1) is 0 Å². The van der Waals surface area contributed by atoms with Gasteiger partial charge in [0.15, 0.2) is 6.73 Å². The number of carbonyl (C=O) groups is 1. The molecule has 1 fully saturated rings. The van der Waals surface area contributed by atoms with Crippen molar-refractivity contribution in [2.45, 2.75) is 37.8 Å². The second-order valence-corrected chi connectivity index (χ2v) is 4.96. The van der Waals surface area contributed by atoms with E-state index in [-0.39, 0.29) is 18.7 Å². The average Bonchev–Trinajstić information content (AvgIpc) is 2.41. The Bertz CT molecular complexity index is 460. The maximum Gasteiger partial charge on any atom is 0.260 e. The van der Waals surface area contributed by atoms with Gasteiger partial charge in [-0.25, -0.2) is 0 Å². The molecular formula is C14H17NO3. The Hall–Kier alpha value is -1.55. The molecule has 3 rings (SSSR count). The van der Waals surface area contributed by atoms with Gasteiger partial charge in [0.2, 0.25) is 0 Å². The van der Waals surface area contributed by atoms with Crippen LogP contribution in [0.4, 0.5) is 0 Å². The summed E-state index contributed by atoms with van der Waals surface area (Å²) in [7, 11) is 0. The minimum absolute atomic E-state index is 0.0252. The molecule has 4 heteroatoms. The fraction of sp³-hybridized carbons (Fsp3) is 0.500. The van der Waals surface area contributed by atoms with Gasteiger partial charge in [0.1, 0.15) is 5.75 Å². The number of nitrogens with zero attached hydrogens (tertiary/aromatic N) is 1. The first kappa shape index (κ1) is 11.5. The molecule has 18 heavy (non-hydrogen) atoms. The molecule has 0 unspecified atom stereocenters. The Kier molecular flexibility index (Phi) is 2.96. The van der Waals surface area contributed by atoms with Crippen molar-refractivity contribution in [3.05, 3.63) is 29.8 Å². The van der Waals surface area contributed by atoms with Crippen LogP contribution in [0.3, 0.4) is 0 Å². The summed E-state index contributed by atoms with van der Waals surface area (Å²) in [6.07, 6.45) is 3.32. The third-order valence-corrected chi connectivity index (χ3v) is 3.83. The van der Waals surface area contributed by atoms with E-state index in [2.05, 4.69) is 0 Å². The number of ether oxygens (including phenoxy) is 1. The summed E-state index contributed by atoms with van der Waals surface area (Å²) in [4.78, 5) is 14.1. The first-order valence-corrected chi connectivity index (χ1v) is 6.48. The van der Waals surface area contributed by atoms with Crippen LogP contribution in [0.25, 0.3) is 0 Å². The van der Waals surface area contributed by atoms with Crippen molar-refractivity contribution >= 4 is 5.91 Å². The molecule has 1 amide bonds. The summed E-state index contributed by atoms with van der Waals surface area (Å²) < 4.78 is 5.60. The van der Waals surface area contributed by atoms with Crippen LogP contribution < -0.4 is 4.74 Å². The lowest BCUT2D eigenvalue weighted by atomic mass is 9.91. The maximum atomic E-state index is 12.4. The zero-order valence-corrected chi connectivity index (χ0v) is 10.2. The largest absolute Gasteiger partial charge is 0.472 e. The molecule has 2 aliphatic rings. The topological polar surface area (TPSA) is 49.8 Å². The van der Waals surface area contributed by atoms with E-state index in [0.717, 1.165) is 25.7 Å². The van der Waals surface area contributed by atoms with Gasteiger partial charge in [-0.15, -0.1) is 0 Å². The number of para-hydroxylation sites is 1. The van der Waals surface area contributed by atoms with Crippen molar-refractivity contribution in [1.82, 2.24) is 4.90 Å². The monoisotopic (exact) mass is 247 g/mol. The molecule has 96 valence electrons. The zero-order valence-electron chi connectivity index (χ0n) is 10.2. The minimum atomic E-state index is -0.420. The quantitative estimate of drug-likeness (QED) is 0.823. The summed E-state index contributed by atoms with van der Waals surface area (Å²) in [6, 6.07) is 7.18. The Balaban J connectivity index is 1.86. The Labute approximate surface area is 106 Å². The van der Waals surface area contributed by atoms with Gasteiger partial charge in [0.05, 0.1) is 17.7 Å². The van der Waals surface area contributed by atoms with Gasteiger partial charge in [-0.1, -0.05) is 25.0 Å². The van der Waals surface area contributed by atoms with Crippen LogP contribution in [0.2, 0.25) is 0 Å². The van der Waals surface area contributed by atoms with Crippen molar-refractivity contribution < 1.29 is 14.6 Å². The van der Waals surface area contributed by atoms with Crippen LogP contribution >= 0.6 is 0 Å². The molecule has 0 spiro atoms. The summed E-state index contributed by atoms with van der Waals surface area (Å²) in [5, 5.41) is 10.0. The predicted molar refractivity (Wildman–Crippen MR) is 66.4 cm³/mol. The lowest BCUT2D eigenvalue weighted by molar-refractivity contribution is -0.0124. The highest BCUT2D eigenvalue weighted by atomic mass is 16.5. The molecule has 1 aliphatic carbocycles. The van der Waals surface area contributed by atoms with Gasteiger partial charge in [-0.2, -0.15) is 0 Å². The van der Waals surface area contributed by atoms with Crippen LogP contribution in [-0.4, -0.2) is 34.8 Å². The number of fused-ring (bicyclic) bond motifs is 1. The number of aliphatic hydroxyl groups excluding tert-OH is 1. The molecule has 0 bridgehead atoms. The van der Waals surface area contributed by atoms with E-state index < -0.39 is 6.10 Å².